The smallest absolute Gasteiger partial charge is 0.350 e. The summed E-state index contributed by atoms with van der Waals surface area (Å²) in [5, 5.41) is 2.89. The molecule has 5 heterocycles. The summed E-state index contributed by atoms with van der Waals surface area (Å²) in [7, 11) is 0. The van der Waals surface area contributed by atoms with Crippen LogP contribution in [0, 0.1) is 11.6 Å². The van der Waals surface area contributed by atoms with Crippen molar-refractivity contribution in [3.8, 4) is 0 Å². The molecule has 5 rings (SSSR count). The molecular formula is C25H42F2N8O6. The predicted octanol–water partition coefficient (Wildman–Crippen LogP) is 0.503. The monoisotopic (exact) mass is 588 g/mol. The maximum atomic E-state index is 14.2. The Hall–Kier alpha value is -3.31. The minimum atomic E-state index is -0.713. The normalized spacial score (nSPS) is 17.2. The van der Waals surface area contributed by atoms with Crippen molar-refractivity contribution in [2.24, 2.45) is 0 Å². The number of rotatable bonds is 5. The average molecular weight is 589 g/mol. The molecule has 0 aliphatic carbocycles. The van der Waals surface area contributed by atoms with Gasteiger partial charge in [-0.3, -0.25) is 19.4 Å². The molecule has 0 spiro atoms. The fraction of sp³-hybridized carbons (Fsp3) is 0.640. The van der Waals surface area contributed by atoms with E-state index in [1.807, 2.05) is 16.7 Å². The molecule has 0 atom stereocenters. The van der Waals surface area contributed by atoms with Gasteiger partial charge in [0.25, 0.3) is 0 Å². The highest BCUT2D eigenvalue weighted by atomic mass is 19.1. The van der Waals surface area contributed by atoms with Crippen LogP contribution in [0.25, 0.3) is 0 Å². The molecule has 3 fully saturated rings. The summed E-state index contributed by atoms with van der Waals surface area (Å²) in [6, 6.07) is 0. The molecule has 2 aromatic heterocycles. The Labute approximate surface area is 237 Å². The van der Waals surface area contributed by atoms with Gasteiger partial charge in [0.05, 0.1) is 46.0 Å². The van der Waals surface area contributed by atoms with E-state index in [9.17, 15) is 18.4 Å². The second-order valence-electron chi connectivity index (χ2n) is 8.75. The van der Waals surface area contributed by atoms with Gasteiger partial charge >= 0.3 is 11.4 Å². The Kier molecular flexibility index (Phi) is 17.9. The fourth-order valence-corrected chi connectivity index (χ4v) is 3.67. The van der Waals surface area contributed by atoms with Crippen LogP contribution in [-0.4, -0.2) is 109 Å². The Balaban J connectivity index is 0.000000383. The number of nitrogens with zero attached hydrogens (tertiary/aromatic N) is 5. The number of nitrogens with one attached hydrogen (secondary N) is 2. The molecule has 2 aromatic rings. The summed E-state index contributed by atoms with van der Waals surface area (Å²) in [4.78, 5) is 43.3. The number of hydrogen-bond acceptors (Lipinski definition) is 12. The zero-order valence-corrected chi connectivity index (χ0v) is 22.5. The van der Waals surface area contributed by atoms with Gasteiger partial charge in [-0.15, -0.1) is 0 Å². The van der Waals surface area contributed by atoms with Gasteiger partial charge in [0.1, 0.15) is 12.6 Å². The van der Waals surface area contributed by atoms with Crippen molar-refractivity contribution in [3.05, 3.63) is 45.0 Å². The maximum Gasteiger partial charge on any atom is 0.350 e. The molecule has 0 saturated carbocycles. The number of morpholine rings is 2. The molecule has 14 nitrogen and oxygen atoms in total. The maximum absolute atomic E-state index is 14.2. The first-order chi connectivity index (χ1) is 19.4. The van der Waals surface area contributed by atoms with E-state index in [-0.39, 0.29) is 19.1 Å². The molecule has 41 heavy (non-hydrogen) atoms. The first-order valence-electron chi connectivity index (χ1n) is 12.9. The van der Waals surface area contributed by atoms with E-state index in [1.165, 1.54) is 30.0 Å². The van der Waals surface area contributed by atoms with E-state index >= 15 is 0 Å². The number of H-pyrrole nitrogens is 1. The lowest BCUT2D eigenvalue weighted by Crippen LogP contribution is -2.41. The van der Waals surface area contributed by atoms with E-state index in [1.54, 1.807) is 0 Å². The van der Waals surface area contributed by atoms with Crippen molar-refractivity contribution in [1.29, 1.82) is 0 Å². The average Bonchev–Trinajstić information content (AvgIpc) is 3.00. The molecule has 232 valence electrons. The molecule has 3 aliphatic heterocycles. The van der Waals surface area contributed by atoms with Gasteiger partial charge in [0, 0.05) is 45.6 Å². The molecule has 0 radical (unpaired) electrons. The Bertz CT molecular complexity index is 1090. The number of carbonyl (C=O) groups is 1. The van der Waals surface area contributed by atoms with Crippen LogP contribution in [0.5, 0.6) is 0 Å². The van der Waals surface area contributed by atoms with E-state index in [4.69, 9.17) is 24.7 Å². The number of nitrogens with two attached hydrogens (primary N) is 1. The highest BCUT2D eigenvalue weighted by Crippen LogP contribution is 2.09. The predicted molar refractivity (Wildman–Crippen MR) is 149 cm³/mol. The van der Waals surface area contributed by atoms with Crippen LogP contribution >= 0.6 is 0 Å². The summed E-state index contributed by atoms with van der Waals surface area (Å²) in [5.74, 6) is -1.52. The number of aromatic amines is 1. The molecule has 3 aliphatic rings. The topological polar surface area (TPSA) is 170 Å². The lowest BCUT2D eigenvalue weighted by Gasteiger charge is -2.27. The fourth-order valence-electron chi connectivity index (χ4n) is 3.67. The van der Waals surface area contributed by atoms with E-state index in [0.29, 0.717) is 39.8 Å². The van der Waals surface area contributed by atoms with Gasteiger partial charge in [-0.2, -0.15) is 9.97 Å². The van der Waals surface area contributed by atoms with Crippen molar-refractivity contribution in [2.45, 2.75) is 33.4 Å². The quantitative estimate of drug-likeness (QED) is 0.443. The SMILES string of the molecule is C.C1CCOCC1.C=O.Nc1[nH]c(=O)ncc1F.O=c1nc(NCN2CCOCC2)c(F)cn1CN1CCOCC1. The third-order valence-corrected chi connectivity index (χ3v) is 5.85. The lowest BCUT2D eigenvalue weighted by molar-refractivity contribution is -0.0980. The van der Waals surface area contributed by atoms with Crippen molar-refractivity contribution in [3.63, 3.8) is 0 Å². The third-order valence-electron chi connectivity index (χ3n) is 5.85. The van der Waals surface area contributed by atoms with Crippen LogP contribution in [-0.2, 0) is 25.7 Å². The largest absolute Gasteiger partial charge is 0.383 e. The van der Waals surface area contributed by atoms with Gasteiger partial charge in [0.15, 0.2) is 17.5 Å². The highest BCUT2D eigenvalue weighted by molar-refractivity contribution is 5.33. The van der Waals surface area contributed by atoms with Crippen molar-refractivity contribution in [1.82, 2.24) is 29.3 Å². The van der Waals surface area contributed by atoms with Crippen LogP contribution < -0.4 is 22.4 Å². The van der Waals surface area contributed by atoms with Crippen molar-refractivity contribution in [2.75, 3.05) is 83.5 Å². The van der Waals surface area contributed by atoms with Gasteiger partial charge in [-0.05, 0) is 19.3 Å². The molecule has 0 bridgehead atoms. The second kappa shape index (κ2) is 20.5. The van der Waals surface area contributed by atoms with Crippen LogP contribution in [0.4, 0.5) is 20.4 Å². The van der Waals surface area contributed by atoms with Crippen LogP contribution in [0.15, 0.2) is 22.0 Å². The lowest BCUT2D eigenvalue weighted by atomic mass is 10.2. The molecule has 3 saturated heterocycles. The van der Waals surface area contributed by atoms with Gasteiger partial charge in [0.2, 0.25) is 0 Å². The summed E-state index contributed by atoms with van der Waals surface area (Å²) in [5.41, 5.74) is 3.85. The molecule has 0 unspecified atom stereocenters. The summed E-state index contributed by atoms with van der Waals surface area (Å²) < 4.78 is 43.2. The van der Waals surface area contributed by atoms with Gasteiger partial charge < -0.3 is 30.1 Å². The van der Waals surface area contributed by atoms with Gasteiger partial charge in [-0.1, -0.05) is 7.43 Å². The van der Waals surface area contributed by atoms with Crippen molar-refractivity contribution < 1.29 is 27.8 Å². The van der Waals surface area contributed by atoms with E-state index in [0.717, 1.165) is 45.6 Å². The molecule has 0 amide bonds. The Morgan fingerprint density at radius 3 is 1.95 bits per heavy atom. The van der Waals surface area contributed by atoms with Crippen molar-refractivity contribution >= 4 is 18.4 Å². The number of nitrogen functional groups attached to an aromatic ring is 1. The summed E-state index contributed by atoms with van der Waals surface area (Å²) in [6.45, 7) is 10.4. The number of carbonyl (C=O) groups excluding carboxylic acids is 1. The minimum absolute atomic E-state index is 0. The molecular weight excluding hydrogens is 546 g/mol. The first kappa shape index (κ1) is 35.7. The third kappa shape index (κ3) is 13.7. The van der Waals surface area contributed by atoms with E-state index < -0.39 is 23.0 Å². The Morgan fingerprint density at radius 2 is 1.46 bits per heavy atom. The number of ether oxygens (including phenoxy) is 3. The van der Waals surface area contributed by atoms with Crippen LogP contribution in [0.3, 0.4) is 0 Å². The first-order valence-corrected chi connectivity index (χ1v) is 12.9. The number of hydrogen-bond donors (Lipinski definition) is 3. The molecule has 0 aromatic carbocycles. The standard InChI is InChI=1S/C14H22FN5O3.C5H10O.C4H4FN3O.CH2O.CH4/c15-12-9-20(11-19-3-7-23-8-4-19)14(21)17-13(12)16-10-18-1-5-22-6-2-18;1-2-4-6-5-3-1;5-2-1-7-4(9)8-3(2)6;1-2;/h9H,1-8,10-11H2,(H,16,17,21);1-5H2;1H,(H3,6,7,8,9);1H2;1H4. The molecule has 4 N–H and O–H groups in total. The number of anilines is 2. The Morgan fingerprint density at radius 1 is 0.902 bits per heavy atom. The summed E-state index contributed by atoms with van der Waals surface area (Å²) >= 11 is 0. The number of aromatic nitrogens is 4. The zero-order valence-electron chi connectivity index (χ0n) is 22.5. The molecule has 16 heteroatoms. The highest BCUT2D eigenvalue weighted by Gasteiger charge is 2.15. The minimum Gasteiger partial charge on any atom is -0.383 e. The van der Waals surface area contributed by atoms with Crippen LogP contribution in [0.2, 0.25) is 0 Å². The van der Waals surface area contributed by atoms with Crippen LogP contribution in [0.1, 0.15) is 26.7 Å². The second-order valence-corrected chi connectivity index (χ2v) is 8.75. The van der Waals surface area contributed by atoms with Gasteiger partial charge in [-0.25, -0.2) is 18.4 Å². The summed E-state index contributed by atoms with van der Waals surface area (Å²) in [6.07, 6.45) is 5.92. The zero-order chi connectivity index (χ0) is 29.2. The number of halogens is 2. The van der Waals surface area contributed by atoms with E-state index in [2.05, 4.69) is 20.2 Å².